The van der Waals surface area contributed by atoms with Gasteiger partial charge in [-0.15, -0.1) is 0 Å². The molecule has 0 atom stereocenters. The van der Waals surface area contributed by atoms with E-state index in [1.165, 1.54) is 0 Å². The molecule has 0 bridgehead atoms. The van der Waals surface area contributed by atoms with Crippen molar-refractivity contribution < 1.29 is 9.59 Å². The summed E-state index contributed by atoms with van der Waals surface area (Å²) in [6.07, 6.45) is 1.46. The van der Waals surface area contributed by atoms with E-state index < -0.39 is 0 Å². The Kier molecular flexibility index (Phi) is 5.26. The van der Waals surface area contributed by atoms with Crippen molar-refractivity contribution in [2.75, 3.05) is 18.5 Å². The lowest BCUT2D eigenvalue weighted by molar-refractivity contribution is -0.120. The molecule has 1 saturated heterocycles. The standard InChI is InChI=1S/C22H20N6O2/c1-24-20(29)13-19-25-22(28(26-19)17-9-7-15(14-23)8-10-17)16-4-2-5-18(12-16)27-11-3-6-21(27)30/h2,4-5,7-10,12H,3,6,11,13H2,1H3,(H,24,29). The third kappa shape index (κ3) is 3.78. The maximum atomic E-state index is 12.2. The number of carbonyl (C=O) groups is 2. The molecular formula is C22H20N6O2. The van der Waals surface area contributed by atoms with E-state index in [1.54, 1.807) is 40.9 Å². The van der Waals surface area contributed by atoms with E-state index >= 15 is 0 Å². The fraction of sp³-hybridized carbons (Fsp3) is 0.227. The molecule has 2 heterocycles. The molecule has 0 unspecified atom stereocenters. The van der Waals surface area contributed by atoms with Gasteiger partial charge in [-0.2, -0.15) is 10.4 Å². The van der Waals surface area contributed by atoms with Crippen molar-refractivity contribution in [3.63, 3.8) is 0 Å². The molecule has 1 fully saturated rings. The number of nitriles is 1. The van der Waals surface area contributed by atoms with Gasteiger partial charge < -0.3 is 10.2 Å². The van der Waals surface area contributed by atoms with E-state index in [-0.39, 0.29) is 18.2 Å². The van der Waals surface area contributed by atoms with E-state index in [4.69, 9.17) is 5.26 Å². The minimum atomic E-state index is -0.185. The zero-order chi connectivity index (χ0) is 21.1. The van der Waals surface area contributed by atoms with E-state index in [2.05, 4.69) is 21.5 Å². The molecule has 0 radical (unpaired) electrons. The van der Waals surface area contributed by atoms with E-state index in [9.17, 15) is 9.59 Å². The van der Waals surface area contributed by atoms with Crippen LogP contribution in [0.2, 0.25) is 0 Å². The highest BCUT2D eigenvalue weighted by Gasteiger charge is 2.23. The van der Waals surface area contributed by atoms with Crippen LogP contribution in [0.25, 0.3) is 17.1 Å². The molecule has 0 aliphatic carbocycles. The minimum Gasteiger partial charge on any atom is -0.359 e. The Labute approximate surface area is 173 Å². The summed E-state index contributed by atoms with van der Waals surface area (Å²) in [5, 5.41) is 16.2. The van der Waals surface area contributed by atoms with Crippen LogP contribution in [0.3, 0.4) is 0 Å². The lowest BCUT2D eigenvalue weighted by Crippen LogP contribution is -2.23. The number of likely N-dealkylation sites (N-methyl/N-ethyl adjacent to an activating group) is 1. The molecule has 8 heteroatoms. The predicted molar refractivity (Wildman–Crippen MR) is 111 cm³/mol. The van der Waals surface area contributed by atoms with Gasteiger partial charge in [-0.25, -0.2) is 9.67 Å². The van der Waals surface area contributed by atoms with Gasteiger partial charge in [0.2, 0.25) is 11.8 Å². The van der Waals surface area contributed by atoms with Crippen molar-refractivity contribution in [2.45, 2.75) is 19.3 Å². The molecule has 30 heavy (non-hydrogen) atoms. The van der Waals surface area contributed by atoms with Gasteiger partial charge in [0.15, 0.2) is 11.6 Å². The van der Waals surface area contributed by atoms with Gasteiger partial charge in [-0.05, 0) is 42.8 Å². The topological polar surface area (TPSA) is 104 Å². The summed E-state index contributed by atoms with van der Waals surface area (Å²) in [7, 11) is 1.57. The zero-order valence-electron chi connectivity index (χ0n) is 16.5. The monoisotopic (exact) mass is 400 g/mol. The molecule has 3 aromatic rings. The van der Waals surface area contributed by atoms with Crippen molar-refractivity contribution in [3.8, 4) is 23.1 Å². The molecule has 2 aromatic carbocycles. The van der Waals surface area contributed by atoms with E-state index in [0.29, 0.717) is 30.2 Å². The third-order valence-electron chi connectivity index (χ3n) is 4.98. The van der Waals surface area contributed by atoms with Gasteiger partial charge >= 0.3 is 0 Å². The van der Waals surface area contributed by atoms with Crippen LogP contribution in [0.1, 0.15) is 24.2 Å². The second kappa shape index (κ2) is 8.17. The molecule has 0 spiro atoms. The average molecular weight is 400 g/mol. The molecule has 150 valence electrons. The van der Waals surface area contributed by atoms with Crippen LogP contribution in [-0.4, -0.2) is 40.2 Å². The van der Waals surface area contributed by atoms with E-state index in [1.807, 2.05) is 24.3 Å². The molecule has 4 rings (SSSR count). The Balaban J connectivity index is 1.78. The number of nitrogens with one attached hydrogen (secondary N) is 1. The van der Waals surface area contributed by atoms with Gasteiger partial charge in [0.1, 0.15) is 0 Å². The normalized spacial score (nSPS) is 13.3. The number of benzene rings is 2. The molecule has 0 saturated carbocycles. The van der Waals surface area contributed by atoms with Crippen molar-refractivity contribution >= 4 is 17.5 Å². The van der Waals surface area contributed by atoms with Crippen molar-refractivity contribution in [2.24, 2.45) is 0 Å². The van der Waals surface area contributed by atoms with Gasteiger partial charge in [0.25, 0.3) is 0 Å². The van der Waals surface area contributed by atoms with Crippen molar-refractivity contribution in [3.05, 3.63) is 59.9 Å². The van der Waals surface area contributed by atoms with Gasteiger partial charge in [-0.3, -0.25) is 9.59 Å². The first-order valence-electron chi connectivity index (χ1n) is 9.67. The minimum absolute atomic E-state index is 0.0527. The number of hydrogen-bond donors (Lipinski definition) is 1. The highest BCUT2D eigenvalue weighted by molar-refractivity contribution is 5.95. The lowest BCUT2D eigenvalue weighted by atomic mass is 10.1. The Hall–Kier alpha value is -3.99. The van der Waals surface area contributed by atoms with Crippen LogP contribution in [0.5, 0.6) is 0 Å². The number of nitrogens with zero attached hydrogens (tertiary/aromatic N) is 5. The summed E-state index contributed by atoms with van der Waals surface area (Å²) in [5.74, 6) is 0.874. The summed E-state index contributed by atoms with van der Waals surface area (Å²) in [6, 6.07) is 16.7. The van der Waals surface area contributed by atoms with Gasteiger partial charge in [-0.1, -0.05) is 12.1 Å². The number of amides is 2. The first kappa shape index (κ1) is 19.3. The van der Waals surface area contributed by atoms with Gasteiger partial charge in [0, 0.05) is 31.3 Å². The number of aromatic nitrogens is 3. The third-order valence-corrected chi connectivity index (χ3v) is 4.98. The maximum Gasteiger partial charge on any atom is 0.227 e. The smallest absolute Gasteiger partial charge is 0.227 e. The maximum absolute atomic E-state index is 12.2. The Bertz CT molecular complexity index is 1140. The fourth-order valence-corrected chi connectivity index (χ4v) is 3.44. The van der Waals surface area contributed by atoms with Gasteiger partial charge in [0.05, 0.1) is 23.7 Å². The summed E-state index contributed by atoms with van der Waals surface area (Å²) in [6.45, 7) is 0.701. The largest absolute Gasteiger partial charge is 0.359 e. The summed E-state index contributed by atoms with van der Waals surface area (Å²) in [4.78, 5) is 30.4. The summed E-state index contributed by atoms with van der Waals surface area (Å²) < 4.78 is 1.66. The number of hydrogen-bond acceptors (Lipinski definition) is 5. The van der Waals surface area contributed by atoms with Crippen molar-refractivity contribution in [1.82, 2.24) is 20.1 Å². The lowest BCUT2D eigenvalue weighted by Gasteiger charge is -2.16. The first-order valence-corrected chi connectivity index (χ1v) is 9.67. The van der Waals surface area contributed by atoms with E-state index in [0.717, 1.165) is 23.4 Å². The molecule has 1 N–H and O–H groups in total. The average Bonchev–Trinajstić information content (AvgIpc) is 3.40. The molecule has 8 nitrogen and oxygen atoms in total. The highest BCUT2D eigenvalue weighted by atomic mass is 16.2. The Morgan fingerprint density at radius 3 is 2.67 bits per heavy atom. The summed E-state index contributed by atoms with van der Waals surface area (Å²) in [5.41, 5.74) is 2.87. The highest BCUT2D eigenvalue weighted by Crippen LogP contribution is 2.28. The molecule has 2 amide bonds. The zero-order valence-corrected chi connectivity index (χ0v) is 16.5. The van der Waals surface area contributed by atoms with Crippen LogP contribution >= 0.6 is 0 Å². The van der Waals surface area contributed by atoms with Crippen LogP contribution in [0.4, 0.5) is 5.69 Å². The molecule has 1 aromatic heterocycles. The van der Waals surface area contributed by atoms with Crippen LogP contribution in [0, 0.1) is 11.3 Å². The SMILES string of the molecule is CNC(=O)Cc1nc(-c2cccc(N3CCCC3=O)c2)n(-c2ccc(C#N)cc2)n1. The Morgan fingerprint density at radius 1 is 1.20 bits per heavy atom. The van der Waals surface area contributed by atoms with Crippen LogP contribution in [0.15, 0.2) is 48.5 Å². The Morgan fingerprint density at radius 2 is 2.00 bits per heavy atom. The predicted octanol–water partition coefficient (Wildman–Crippen LogP) is 2.22. The first-order chi connectivity index (χ1) is 14.6. The molecule has 1 aliphatic rings. The fourth-order valence-electron chi connectivity index (χ4n) is 3.44. The second-order valence-electron chi connectivity index (χ2n) is 6.97. The van der Waals surface area contributed by atoms with Crippen molar-refractivity contribution in [1.29, 1.82) is 5.26 Å². The number of anilines is 1. The molecule has 1 aliphatic heterocycles. The van der Waals surface area contributed by atoms with Crippen LogP contribution in [-0.2, 0) is 16.0 Å². The number of carbonyl (C=O) groups excluding carboxylic acids is 2. The second-order valence-corrected chi connectivity index (χ2v) is 6.97. The number of rotatable bonds is 5. The molecular weight excluding hydrogens is 380 g/mol. The quantitative estimate of drug-likeness (QED) is 0.707. The van der Waals surface area contributed by atoms with Crippen LogP contribution < -0.4 is 10.2 Å². The summed E-state index contributed by atoms with van der Waals surface area (Å²) >= 11 is 0.